The second kappa shape index (κ2) is 6.61. The van der Waals surface area contributed by atoms with Crippen molar-refractivity contribution in [3.63, 3.8) is 0 Å². The average Bonchev–Trinajstić information content (AvgIpc) is 3.10. The van der Waals surface area contributed by atoms with E-state index < -0.39 is 0 Å². The number of benzene rings is 1. The number of nitrogen functional groups attached to an aromatic ring is 2. The highest BCUT2D eigenvalue weighted by Crippen LogP contribution is 2.33. The molecule has 132 valence electrons. The summed E-state index contributed by atoms with van der Waals surface area (Å²) in [4.78, 5) is 12.9. The highest BCUT2D eigenvalue weighted by molar-refractivity contribution is 5.74. The van der Waals surface area contributed by atoms with Gasteiger partial charge in [0.05, 0.1) is 0 Å². The third-order valence-electron chi connectivity index (χ3n) is 4.51. The first-order chi connectivity index (χ1) is 12.2. The Bertz CT molecular complexity index is 762. The van der Waals surface area contributed by atoms with Crippen LogP contribution >= 0.6 is 0 Å². The lowest BCUT2D eigenvalue weighted by Crippen LogP contribution is -2.46. The maximum absolute atomic E-state index is 6.09. The SMILES string of the molecule is NNc1ncnc(N2CCN(Cc3ccc4c(c3)OCO4)CC2)c1N. The minimum absolute atomic E-state index is 0.303. The van der Waals surface area contributed by atoms with Crippen LogP contribution < -0.4 is 31.4 Å². The molecule has 1 saturated heterocycles. The predicted molar refractivity (Wildman–Crippen MR) is 94.3 cm³/mol. The van der Waals surface area contributed by atoms with E-state index in [-0.39, 0.29) is 0 Å². The number of fused-ring (bicyclic) bond motifs is 1. The number of nitrogens with two attached hydrogens (primary N) is 2. The van der Waals surface area contributed by atoms with Crippen LogP contribution in [0.15, 0.2) is 24.5 Å². The lowest BCUT2D eigenvalue weighted by atomic mass is 10.1. The van der Waals surface area contributed by atoms with Gasteiger partial charge >= 0.3 is 0 Å². The number of aromatic nitrogens is 2. The largest absolute Gasteiger partial charge is 0.454 e. The molecule has 0 aliphatic carbocycles. The molecule has 1 aromatic heterocycles. The van der Waals surface area contributed by atoms with Gasteiger partial charge in [0.15, 0.2) is 23.1 Å². The molecule has 1 fully saturated rings. The van der Waals surface area contributed by atoms with Crippen LogP contribution in [-0.4, -0.2) is 47.8 Å². The molecule has 0 radical (unpaired) electrons. The lowest BCUT2D eigenvalue weighted by molar-refractivity contribution is 0.174. The van der Waals surface area contributed by atoms with Crippen LogP contribution in [0.4, 0.5) is 17.3 Å². The van der Waals surface area contributed by atoms with E-state index in [1.807, 2.05) is 6.07 Å². The first-order valence-corrected chi connectivity index (χ1v) is 8.17. The fraction of sp³-hybridized carbons (Fsp3) is 0.375. The molecule has 2 aromatic rings. The van der Waals surface area contributed by atoms with Crippen molar-refractivity contribution in [3.05, 3.63) is 30.1 Å². The zero-order valence-corrected chi connectivity index (χ0v) is 13.8. The molecule has 0 unspecified atom stereocenters. The summed E-state index contributed by atoms with van der Waals surface area (Å²) < 4.78 is 10.8. The summed E-state index contributed by atoms with van der Waals surface area (Å²) in [5.74, 6) is 8.25. The van der Waals surface area contributed by atoms with E-state index >= 15 is 0 Å². The van der Waals surface area contributed by atoms with Crippen LogP contribution in [0.5, 0.6) is 11.5 Å². The quantitative estimate of drug-likeness (QED) is 0.536. The van der Waals surface area contributed by atoms with E-state index in [9.17, 15) is 0 Å². The van der Waals surface area contributed by atoms with Gasteiger partial charge in [0.25, 0.3) is 0 Å². The molecule has 2 aliphatic heterocycles. The molecule has 4 rings (SSSR count). The summed E-state index contributed by atoms with van der Waals surface area (Å²) in [6.45, 7) is 4.70. The summed E-state index contributed by atoms with van der Waals surface area (Å²) in [6.07, 6.45) is 1.47. The molecule has 0 bridgehead atoms. The molecule has 9 heteroatoms. The molecular weight excluding hydrogens is 322 g/mol. The Morgan fingerprint density at radius 3 is 2.68 bits per heavy atom. The van der Waals surface area contributed by atoms with Gasteiger partial charge in [-0.1, -0.05) is 6.07 Å². The summed E-state index contributed by atoms with van der Waals surface area (Å²) >= 11 is 0. The number of hydrogen-bond acceptors (Lipinski definition) is 9. The van der Waals surface area contributed by atoms with Gasteiger partial charge in [-0.05, 0) is 17.7 Å². The highest BCUT2D eigenvalue weighted by Gasteiger charge is 2.22. The number of nitrogens with one attached hydrogen (secondary N) is 1. The molecule has 25 heavy (non-hydrogen) atoms. The maximum Gasteiger partial charge on any atom is 0.231 e. The predicted octanol–water partition coefficient (Wildman–Crippen LogP) is 0.395. The van der Waals surface area contributed by atoms with E-state index in [1.165, 1.54) is 11.9 Å². The van der Waals surface area contributed by atoms with Gasteiger partial charge in [0.1, 0.15) is 12.0 Å². The van der Waals surface area contributed by atoms with Crippen molar-refractivity contribution >= 4 is 17.3 Å². The van der Waals surface area contributed by atoms with Crippen LogP contribution in [-0.2, 0) is 6.54 Å². The number of hydrazine groups is 1. The van der Waals surface area contributed by atoms with Gasteiger partial charge in [-0.3, -0.25) is 4.90 Å². The van der Waals surface area contributed by atoms with Gasteiger partial charge in [0.2, 0.25) is 6.79 Å². The van der Waals surface area contributed by atoms with Crippen LogP contribution in [0.2, 0.25) is 0 Å². The van der Waals surface area contributed by atoms with Crippen molar-refractivity contribution in [1.82, 2.24) is 14.9 Å². The van der Waals surface area contributed by atoms with Crippen molar-refractivity contribution in [2.75, 3.05) is 49.0 Å². The standard InChI is InChI=1S/C16H21N7O2/c17-14-15(21-18)19-9-20-16(14)23-5-3-22(4-6-23)8-11-1-2-12-13(7-11)25-10-24-12/h1-2,7,9H,3-6,8,10,17-18H2,(H,19,20,21). The first kappa shape index (κ1) is 15.7. The molecule has 0 spiro atoms. The van der Waals surface area contributed by atoms with E-state index in [2.05, 4.69) is 37.3 Å². The van der Waals surface area contributed by atoms with Gasteiger partial charge in [-0.2, -0.15) is 0 Å². The molecule has 0 saturated carbocycles. The summed E-state index contributed by atoms with van der Waals surface area (Å²) in [6, 6.07) is 6.11. The van der Waals surface area contributed by atoms with Crippen molar-refractivity contribution < 1.29 is 9.47 Å². The van der Waals surface area contributed by atoms with Crippen molar-refractivity contribution in [2.24, 2.45) is 5.84 Å². The van der Waals surface area contributed by atoms with E-state index in [0.29, 0.717) is 18.3 Å². The number of anilines is 3. The molecule has 0 amide bonds. The number of hydrogen-bond donors (Lipinski definition) is 3. The Morgan fingerprint density at radius 2 is 1.88 bits per heavy atom. The number of piperazine rings is 1. The van der Waals surface area contributed by atoms with Crippen LogP contribution in [0.1, 0.15) is 5.56 Å². The average molecular weight is 343 g/mol. The lowest BCUT2D eigenvalue weighted by Gasteiger charge is -2.35. The number of ether oxygens (including phenoxy) is 2. The summed E-state index contributed by atoms with van der Waals surface area (Å²) in [7, 11) is 0. The smallest absolute Gasteiger partial charge is 0.231 e. The number of nitrogens with zero attached hydrogens (tertiary/aromatic N) is 4. The molecular formula is C16H21N7O2. The third kappa shape index (κ3) is 3.11. The molecule has 5 N–H and O–H groups in total. The van der Waals surface area contributed by atoms with Gasteiger partial charge in [-0.25, -0.2) is 15.8 Å². The van der Waals surface area contributed by atoms with Crippen LogP contribution in [0.25, 0.3) is 0 Å². The molecule has 1 aromatic carbocycles. The molecule has 9 nitrogen and oxygen atoms in total. The monoisotopic (exact) mass is 343 g/mol. The minimum atomic E-state index is 0.303. The first-order valence-electron chi connectivity index (χ1n) is 8.17. The zero-order valence-electron chi connectivity index (χ0n) is 13.8. The van der Waals surface area contributed by atoms with Gasteiger partial charge < -0.3 is 25.5 Å². The van der Waals surface area contributed by atoms with E-state index in [1.54, 1.807) is 0 Å². The summed E-state index contributed by atoms with van der Waals surface area (Å²) in [5.41, 5.74) is 10.3. The normalized spacial score (nSPS) is 16.9. The fourth-order valence-corrected chi connectivity index (χ4v) is 3.17. The number of rotatable bonds is 4. The van der Waals surface area contributed by atoms with Crippen molar-refractivity contribution in [2.45, 2.75) is 6.54 Å². The van der Waals surface area contributed by atoms with E-state index in [4.69, 9.17) is 21.1 Å². The Kier molecular flexibility index (Phi) is 4.16. The highest BCUT2D eigenvalue weighted by atomic mass is 16.7. The fourth-order valence-electron chi connectivity index (χ4n) is 3.17. The van der Waals surface area contributed by atoms with Gasteiger partial charge in [0, 0.05) is 32.7 Å². The minimum Gasteiger partial charge on any atom is -0.454 e. The van der Waals surface area contributed by atoms with Gasteiger partial charge in [-0.15, -0.1) is 0 Å². The second-order valence-electron chi connectivity index (χ2n) is 6.05. The topological polar surface area (TPSA) is 115 Å². The van der Waals surface area contributed by atoms with Crippen molar-refractivity contribution in [1.29, 1.82) is 0 Å². The summed E-state index contributed by atoms with van der Waals surface area (Å²) in [5, 5.41) is 0. The van der Waals surface area contributed by atoms with Crippen molar-refractivity contribution in [3.8, 4) is 11.5 Å². The van der Waals surface area contributed by atoms with Crippen LogP contribution in [0, 0.1) is 0 Å². The molecule has 2 aliphatic rings. The molecule has 0 atom stereocenters. The Labute approximate surface area is 145 Å². The van der Waals surface area contributed by atoms with E-state index in [0.717, 1.165) is 50.0 Å². The Morgan fingerprint density at radius 1 is 1.08 bits per heavy atom. The maximum atomic E-state index is 6.09. The Balaban J connectivity index is 1.39. The molecule has 3 heterocycles. The zero-order chi connectivity index (χ0) is 17.2. The Hall–Kier alpha value is -2.78. The third-order valence-corrected chi connectivity index (χ3v) is 4.51. The van der Waals surface area contributed by atoms with Crippen LogP contribution in [0.3, 0.4) is 0 Å². The second-order valence-corrected chi connectivity index (χ2v) is 6.05.